The van der Waals surface area contributed by atoms with Crippen LogP contribution in [0.15, 0.2) is 24.3 Å². The Labute approximate surface area is 115 Å². The van der Waals surface area contributed by atoms with Crippen molar-refractivity contribution in [3.63, 3.8) is 0 Å². The minimum absolute atomic E-state index is 0.528. The summed E-state index contributed by atoms with van der Waals surface area (Å²) >= 11 is 5.96. The fourth-order valence-electron chi connectivity index (χ4n) is 2.93. The number of halogens is 1. The third-order valence-electron chi connectivity index (χ3n) is 4.15. The minimum atomic E-state index is 0.528. The van der Waals surface area contributed by atoms with E-state index < -0.39 is 0 Å². The molecule has 18 heavy (non-hydrogen) atoms. The Morgan fingerprint density at radius 3 is 2.28 bits per heavy atom. The molecular weight excluding hydrogens is 246 g/mol. The molecule has 1 fully saturated rings. The van der Waals surface area contributed by atoms with E-state index in [1.54, 1.807) is 9.80 Å². The lowest BCUT2D eigenvalue weighted by atomic mass is 10.0. The summed E-state index contributed by atoms with van der Waals surface area (Å²) in [4.78, 5) is 3.42. The van der Waals surface area contributed by atoms with Crippen molar-refractivity contribution in [1.82, 2.24) is 0 Å². The van der Waals surface area contributed by atoms with Gasteiger partial charge in [-0.1, -0.05) is 23.7 Å². The average Bonchev–Trinajstić information content (AvgIpc) is 2.42. The Balaban J connectivity index is 2.03. The van der Waals surface area contributed by atoms with Crippen molar-refractivity contribution in [2.24, 2.45) is 0 Å². The predicted molar refractivity (Wildman–Crippen MR) is 73.9 cm³/mol. The Hall–Kier alpha value is -0.610. The molecule has 1 aliphatic heterocycles. The van der Waals surface area contributed by atoms with Gasteiger partial charge in [-0.05, 0) is 19.1 Å². The van der Waals surface area contributed by atoms with E-state index in [2.05, 4.69) is 24.8 Å². The molecule has 4 heteroatoms. The normalized spacial score (nSPS) is 25.9. The molecule has 1 aliphatic rings. The molecule has 1 saturated heterocycles. The first kappa shape index (κ1) is 13.8. The molecule has 0 saturated carbocycles. The SMILES string of the molecule is CC[NH+]1CC[NH+]([C@H](C[NH3+])c2ccc(Cl)cc2)CC1. The molecule has 0 spiro atoms. The maximum absolute atomic E-state index is 5.96. The molecule has 1 aromatic carbocycles. The number of nitrogens with one attached hydrogen (secondary N) is 2. The first-order valence-electron chi connectivity index (χ1n) is 6.97. The number of benzene rings is 1. The van der Waals surface area contributed by atoms with Gasteiger partial charge in [0.05, 0.1) is 6.54 Å². The van der Waals surface area contributed by atoms with Gasteiger partial charge in [-0.15, -0.1) is 0 Å². The van der Waals surface area contributed by atoms with Crippen LogP contribution in [0.1, 0.15) is 18.5 Å². The molecule has 0 radical (unpaired) electrons. The van der Waals surface area contributed by atoms with E-state index in [1.807, 2.05) is 12.1 Å². The average molecular weight is 271 g/mol. The lowest BCUT2D eigenvalue weighted by Crippen LogP contribution is -3.28. The quantitative estimate of drug-likeness (QED) is 0.591. The van der Waals surface area contributed by atoms with Crippen LogP contribution in [0.2, 0.25) is 5.02 Å². The largest absolute Gasteiger partial charge is 0.352 e. The summed E-state index contributed by atoms with van der Waals surface area (Å²) in [5.41, 5.74) is 5.52. The number of hydrogen-bond donors (Lipinski definition) is 3. The van der Waals surface area contributed by atoms with Gasteiger partial charge in [-0.2, -0.15) is 0 Å². The molecule has 0 aliphatic carbocycles. The molecule has 1 heterocycles. The Bertz CT molecular complexity index is 358. The van der Waals surface area contributed by atoms with Gasteiger partial charge in [0, 0.05) is 10.6 Å². The van der Waals surface area contributed by atoms with Gasteiger partial charge in [-0.3, -0.25) is 0 Å². The Morgan fingerprint density at radius 1 is 1.17 bits per heavy atom. The molecule has 0 aromatic heterocycles. The zero-order valence-electron chi connectivity index (χ0n) is 11.2. The van der Waals surface area contributed by atoms with Crippen LogP contribution in [0, 0.1) is 0 Å². The van der Waals surface area contributed by atoms with Crippen LogP contribution in [0.3, 0.4) is 0 Å². The van der Waals surface area contributed by atoms with Crippen LogP contribution in [0.5, 0.6) is 0 Å². The summed E-state index contributed by atoms with van der Waals surface area (Å²) in [5.74, 6) is 0. The summed E-state index contributed by atoms with van der Waals surface area (Å²) in [6.45, 7) is 9.57. The Morgan fingerprint density at radius 2 is 1.78 bits per heavy atom. The van der Waals surface area contributed by atoms with Crippen molar-refractivity contribution >= 4 is 11.6 Å². The molecule has 0 bridgehead atoms. The first-order chi connectivity index (χ1) is 8.74. The highest BCUT2D eigenvalue weighted by Crippen LogP contribution is 2.13. The van der Waals surface area contributed by atoms with Crippen LogP contribution in [0.4, 0.5) is 0 Å². The van der Waals surface area contributed by atoms with Gasteiger partial charge in [0.1, 0.15) is 32.7 Å². The zero-order valence-corrected chi connectivity index (χ0v) is 12.0. The van der Waals surface area contributed by atoms with Crippen LogP contribution >= 0.6 is 11.6 Å². The van der Waals surface area contributed by atoms with E-state index in [4.69, 9.17) is 11.6 Å². The molecule has 1 aromatic rings. The summed E-state index contributed by atoms with van der Waals surface area (Å²) in [6.07, 6.45) is 0. The fourth-order valence-corrected chi connectivity index (χ4v) is 3.05. The predicted octanol–water partition coefficient (Wildman–Crippen LogP) is -1.57. The third kappa shape index (κ3) is 3.23. The van der Waals surface area contributed by atoms with E-state index in [0.717, 1.165) is 11.6 Å². The van der Waals surface area contributed by atoms with E-state index in [0.29, 0.717) is 6.04 Å². The highest BCUT2D eigenvalue weighted by Gasteiger charge is 2.30. The van der Waals surface area contributed by atoms with Crippen LogP contribution in [-0.4, -0.2) is 39.3 Å². The van der Waals surface area contributed by atoms with Gasteiger partial charge in [0.15, 0.2) is 6.04 Å². The maximum Gasteiger partial charge on any atom is 0.163 e. The summed E-state index contributed by atoms with van der Waals surface area (Å²) in [7, 11) is 0. The van der Waals surface area contributed by atoms with Crippen LogP contribution in [-0.2, 0) is 0 Å². The molecule has 3 nitrogen and oxygen atoms in total. The highest BCUT2D eigenvalue weighted by atomic mass is 35.5. The number of rotatable bonds is 4. The van der Waals surface area contributed by atoms with Crippen molar-refractivity contribution in [1.29, 1.82) is 0 Å². The van der Waals surface area contributed by atoms with Crippen LogP contribution < -0.4 is 15.5 Å². The summed E-state index contributed by atoms with van der Waals surface area (Å²) in [6, 6.07) is 8.83. The number of likely N-dealkylation sites (N-methyl/N-ethyl adjacent to an activating group) is 1. The van der Waals surface area contributed by atoms with Crippen molar-refractivity contribution in [3.05, 3.63) is 34.9 Å². The monoisotopic (exact) mass is 270 g/mol. The smallest absolute Gasteiger partial charge is 0.163 e. The van der Waals surface area contributed by atoms with E-state index >= 15 is 0 Å². The van der Waals surface area contributed by atoms with Gasteiger partial charge < -0.3 is 15.5 Å². The molecule has 0 unspecified atom stereocenters. The molecular formula is C14H25ClN3+3. The van der Waals surface area contributed by atoms with Gasteiger partial charge in [0.2, 0.25) is 0 Å². The van der Waals surface area contributed by atoms with Crippen molar-refractivity contribution in [2.75, 3.05) is 39.3 Å². The second kappa shape index (κ2) is 6.53. The number of piperazine rings is 1. The number of hydrogen-bond acceptors (Lipinski definition) is 0. The molecule has 0 amide bonds. The van der Waals surface area contributed by atoms with Gasteiger partial charge >= 0.3 is 0 Å². The lowest BCUT2D eigenvalue weighted by Gasteiger charge is -2.33. The van der Waals surface area contributed by atoms with Gasteiger partial charge in [0.25, 0.3) is 0 Å². The summed E-state index contributed by atoms with van der Waals surface area (Å²) in [5, 5.41) is 0.816. The molecule has 5 N–H and O–H groups in total. The number of quaternary nitrogens is 3. The Kier molecular flexibility index (Phi) is 5.01. The standard InChI is InChI=1S/C14H22ClN3/c1-2-17-7-9-18(10-8-17)14(11-16)12-3-5-13(15)6-4-12/h3-6,14H,2,7-11,16H2,1H3/p+3/t14-/m1/s1. The minimum Gasteiger partial charge on any atom is -0.352 e. The topological polar surface area (TPSA) is 36.5 Å². The van der Waals surface area contributed by atoms with E-state index in [1.165, 1.54) is 38.3 Å². The van der Waals surface area contributed by atoms with Crippen molar-refractivity contribution < 1.29 is 15.5 Å². The molecule has 2 rings (SSSR count). The maximum atomic E-state index is 5.96. The van der Waals surface area contributed by atoms with Gasteiger partial charge in [-0.25, -0.2) is 0 Å². The van der Waals surface area contributed by atoms with Crippen LogP contribution in [0.25, 0.3) is 0 Å². The van der Waals surface area contributed by atoms with E-state index in [-0.39, 0.29) is 0 Å². The molecule has 100 valence electrons. The highest BCUT2D eigenvalue weighted by molar-refractivity contribution is 6.30. The fraction of sp³-hybridized carbons (Fsp3) is 0.571. The first-order valence-corrected chi connectivity index (χ1v) is 7.35. The second-order valence-electron chi connectivity index (χ2n) is 5.15. The molecule has 1 atom stereocenters. The van der Waals surface area contributed by atoms with E-state index in [9.17, 15) is 0 Å². The zero-order chi connectivity index (χ0) is 13.0. The van der Waals surface area contributed by atoms with Crippen molar-refractivity contribution in [2.45, 2.75) is 13.0 Å². The lowest BCUT2D eigenvalue weighted by molar-refractivity contribution is -1.03. The third-order valence-corrected chi connectivity index (χ3v) is 4.41. The summed E-state index contributed by atoms with van der Waals surface area (Å²) < 4.78 is 0. The van der Waals surface area contributed by atoms with Crippen molar-refractivity contribution in [3.8, 4) is 0 Å². The second-order valence-corrected chi connectivity index (χ2v) is 5.59.